The molecule has 0 saturated heterocycles. The van der Waals surface area contributed by atoms with Gasteiger partial charge in [0.15, 0.2) is 11.6 Å². The molecular weight excluding hydrogens is 409 g/mol. The first-order valence-electron chi connectivity index (χ1n) is 10.8. The molecule has 0 unspecified atom stereocenters. The van der Waals surface area contributed by atoms with Crippen molar-refractivity contribution in [3.8, 4) is 16.9 Å². The van der Waals surface area contributed by atoms with Crippen molar-refractivity contribution in [2.75, 3.05) is 27.3 Å². The van der Waals surface area contributed by atoms with Crippen LogP contribution in [0.25, 0.3) is 17.2 Å². The molecule has 0 N–H and O–H groups in total. The molecule has 1 saturated carbocycles. The molecule has 1 fully saturated rings. The smallest absolute Gasteiger partial charge is 0.225 e. The Morgan fingerprint density at radius 2 is 2.00 bits per heavy atom. The zero-order valence-corrected chi connectivity index (χ0v) is 18.7. The van der Waals surface area contributed by atoms with Gasteiger partial charge in [0.25, 0.3) is 0 Å². The summed E-state index contributed by atoms with van der Waals surface area (Å²) in [5.74, 6) is -0.0237. The third-order valence-electron chi connectivity index (χ3n) is 5.73. The fourth-order valence-corrected chi connectivity index (χ4v) is 4.00. The van der Waals surface area contributed by atoms with Crippen LogP contribution in [0.5, 0.6) is 5.75 Å². The van der Waals surface area contributed by atoms with Crippen LogP contribution in [0.4, 0.5) is 10.1 Å². The van der Waals surface area contributed by atoms with Gasteiger partial charge in [-0.15, -0.1) is 0 Å². The molecule has 1 amide bonds. The number of carbonyl (C=O) groups is 1. The quantitative estimate of drug-likeness (QED) is 0.412. The van der Waals surface area contributed by atoms with Crippen molar-refractivity contribution in [2.45, 2.75) is 31.8 Å². The lowest BCUT2D eigenvalue weighted by Crippen LogP contribution is -2.34. The lowest BCUT2D eigenvalue weighted by Gasteiger charge is -2.29. The number of benzene rings is 1. The summed E-state index contributed by atoms with van der Waals surface area (Å²) in [5.41, 5.74) is 2.65. The van der Waals surface area contributed by atoms with E-state index in [9.17, 15) is 9.18 Å². The third-order valence-corrected chi connectivity index (χ3v) is 5.73. The summed E-state index contributed by atoms with van der Waals surface area (Å²) in [5, 5.41) is 0. The van der Waals surface area contributed by atoms with Gasteiger partial charge in [0.2, 0.25) is 5.91 Å². The van der Waals surface area contributed by atoms with E-state index in [-0.39, 0.29) is 30.3 Å². The number of hydrogen-bond acceptors (Lipinski definition) is 5. The van der Waals surface area contributed by atoms with Crippen LogP contribution < -0.4 is 4.74 Å². The predicted octanol–water partition coefficient (Wildman–Crippen LogP) is 4.91. The minimum atomic E-state index is -0.468. The number of halogens is 1. The highest BCUT2D eigenvalue weighted by Crippen LogP contribution is 2.34. The Labute approximate surface area is 188 Å². The van der Waals surface area contributed by atoms with Crippen molar-refractivity contribution < 1.29 is 18.7 Å². The summed E-state index contributed by atoms with van der Waals surface area (Å²) >= 11 is 0. The van der Waals surface area contributed by atoms with Crippen molar-refractivity contribution in [3.63, 3.8) is 0 Å². The Hall–Kier alpha value is -3.06. The van der Waals surface area contributed by atoms with Crippen LogP contribution in [0.1, 0.15) is 31.2 Å². The van der Waals surface area contributed by atoms with E-state index < -0.39 is 5.82 Å². The molecular formula is C25H30FN3O3. The van der Waals surface area contributed by atoms with Gasteiger partial charge in [-0.1, -0.05) is 18.7 Å². The van der Waals surface area contributed by atoms with Crippen LogP contribution in [-0.4, -0.2) is 55.9 Å². The molecule has 1 aliphatic rings. The van der Waals surface area contributed by atoms with Crippen LogP contribution in [-0.2, 0) is 9.53 Å². The number of rotatable bonds is 9. The Bertz CT molecular complexity index is 969. The summed E-state index contributed by atoms with van der Waals surface area (Å²) in [6, 6.07) is 4.76. The molecule has 7 heteroatoms. The number of hydrogen-bond donors (Lipinski definition) is 0. The van der Waals surface area contributed by atoms with E-state index in [0.29, 0.717) is 23.4 Å². The molecule has 0 spiro atoms. The summed E-state index contributed by atoms with van der Waals surface area (Å²) in [6.45, 7) is 7.97. The van der Waals surface area contributed by atoms with Crippen LogP contribution in [0.2, 0.25) is 0 Å². The molecule has 2 aromatic rings. The van der Waals surface area contributed by atoms with Crippen LogP contribution in [0.15, 0.2) is 42.2 Å². The number of ether oxygens (including phenoxy) is 2. The zero-order valence-electron chi connectivity index (χ0n) is 18.7. The molecule has 6 nitrogen and oxygen atoms in total. The van der Waals surface area contributed by atoms with Crippen LogP contribution in [0, 0.1) is 11.7 Å². The SMILES string of the molecule is C=Cc1cncc(-c2ccc(OCCOC3CCC(C(=O)N(C)C)CC3)c(F)c2)c1N=C. The minimum Gasteiger partial charge on any atom is -0.488 e. The topological polar surface area (TPSA) is 64.0 Å². The first-order valence-corrected chi connectivity index (χ1v) is 10.8. The number of aliphatic imine (C=N–C) groups is 1. The first-order chi connectivity index (χ1) is 15.4. The fraction of sp³-hybridized carbons (Fsp3) is 0.400. The van der Waals surface area contributed by atoms with E-state index in [1.807, 2.05) is 0 Å². The summed E-state index contributed by atoms with van der Waals surface area (Å²) < 4.78 is 26.1. The van der Waals surface area contributed by atoms with Crippen molar-refractivity contribution in [1.82, 2.24) is 9.88 Å². The summed E-state index contributed by atoms with van der Waals surface area (Å²) in [6.07, 6.45) is 8.40. The monoisotopic (exact) mass is 439 g/mol. The van der Waals surface area contributed by atoms with E-state index in [0.717, 1.165) is 31.2 Å². The first kappa shape index (κ1) is 23.6. The van der Waals surface area contributed by atoms with Crippen molar-refractivity contribution >= 4 is 24.4 Å². The third kappa shape index (κ3) is 5.59. The van der Waals surface area contributed by atoms with Crippen molar-refractivity contribution in [2.24, 2.45) is 10.9 Å². The average Bonchev–Trinajstić information content (AvgIpc) is 2.81. The maximum atomic E-state index is 14.6. The highest BCUT2D eigenvalue weighted by atomic mass is 19.1. The minimum absolute atomic E-state index is 0.0906. The van der Waals surface area contributed by atoms with Gasteiger partial charge in [-0.3, -0.25) is 14.8 Å². The molecule has 0 aliphatic heterocycles. The van der Waals surface area contributed by atoms with Gasteiger partial charge >= 0.3 is 0 Å². The van der Waals surface area contributed by atoms with E-state index in [1.165, 1.54) is 6.07 Å². The highest BCUT2D eigenvalue weighted by Gasteiger charge is 2.27. The molecule has 1 aromatic heterocycles. The van der Waals surface area contributed by atoms with Crippen molar-refractivity contribution in [1.29, 1.82) is 0 Å². The molecule has 0 radical (unpaired) electrons. The van der Waals surface area contributed by atoms with E-state index in [4.69, 9.17) is 9.47 Å². The summed E-state index contributed by atoms with van der Waals surface area (Å²) in [7, 11) is 3.58. The lowest BCUT2D eigenvalue weighted by molar-refractivity contribution is -0.135. The largest absolute Gasteiger partial charge is 0.488 e. The second kappa shape index (κ2) is 11.0. The van der Waals surface area contributed by atoms with E-state index in [2.05, 4.69) is 23.3 Å². The zero-order chi connectivity index (χ0) is 23.1. The average molecular weight is 440 g/mol. The molecule has 170 valence electrons. The van der Waals surface area contributed by atoms with Gasteiger partial charge in [-0.2, -0.15) is 0 Å². The second-order valence-electron chi connectivity index (χ2n) is 8.06. The molecule has 1 aromatic carbocycles. The van der Waals surface area contributed by atoms with E-state index >= 15 is 0 Å². The second-order valence-corrected chi connectivity index (χ2v) is 8.06. The Morgan fingerprint density at radius 3 is 2.62 bits per heavy atom. The number of nitrogens with zero attached hydrogens (tertiary/aromatic N) is 3. The summed E-state index contributed by atoms with van der Waals surface area (Å²) in [4.78, 5) is 21.9. The Kier molecular flexibility index (Phi) is 8.11. The van der Waals surface area contributed by atoms with Gasteiger partial charge < -0.3 is 14.4 Å². The molecule has 0 atom stereocenters. The van der Waals surface area contributed by atoms with Gasteiger partial charge in [-0.25, -0.2) is 4.39 Å². The molecule has 1 aliphatic carbocycles. The highest BCUT2D eigenvalue weighted by molar-refractivity contribution is 5.82. The molecule has 32 heavy (non-hydrogen) atoms. The van der Waals surface area contributed by atoms with Gasteiger partial charge in [0.1, 0.15) is 6.61 Å². The number of pyridine rings is 1. The predicted molar refractivity (Wildman–Crippen MR) is 125 cm³/mol. The fourth-order valence-electron chi connectivity index (χ4n) is 4.00. The Balaban J connectivity index is 1.51. The van der Waals surface area contributed by atoms with Crippen LogP contribution in [0.3, 0.4) is 0 Å². The maximum absolute atomic E-state index is 14.6. The van der Waals surface area contributed by atoms with E-state index in [1.54, 1.807) is 49.6 Å². The van der Waals surface area contributed by atoms with Gasteiger partial charge in [0.05, 0.1) is 18.4 Å². The Morgan fingerprint density at radius 1 is 1.25 bits per heavy atom. The standard InChI is InChI=1S/C25H30FN3O3/c1-5-17-15-28-16-21(24(17)27-2)19-8-11-23(22(26)14-19)32-13-12-31-20-9-6-18(7-10-20)25(30)29(3)4/h5,8,11,14-16,18,20H,1-2,6-7,9-10,12-13H2,3-4H3. The molecule has 0 bridgehead atoms. The maximum Gasteiger partial charge on any atom is 0.225 e. The normalized spacial score (nSPS) is 18.1. The molecule has 3 rings (SSSR count). The lowest BCUT2D eigenvalue weighted by atomic mass is 9.86. The molecule has 1 heterocycles. The van der Waals surface area contributed by atoms with Crippen molar-refractivity contribution in [3.05, 3.63) is 48.6 Å². The van der Waals surface area contributed by atoms with Crippen LogP contribution >= 0.6 is 0 Å². The van der Waals surface area contributed by atoms with Gasteiger partial charge in [-0.05, 0) is 50.1 Å². The number of amides is 1. The van der Waals surface area contributed by atoms with Gasteiger partial charge in [0, 0.05) is 43.5 Å². The number of aromatic nitrogens is 1. The number of carbonyl (C=O) groups excluding carboxylic acids is 1.